The summed E-state index contributed by atoms with van der Waals surface area (Å²) in [6, 6.07) is 0.00751. The van der Waals surface area contributed by atoms with Crippen LogP contribution in [0.5, 0.6) is 0 Å². The van der Waals surface area contributed by atoms with Crippen LogP contribution >= 0.6 is 0 Å². The third kappa shape index (κ3) is 3.95. The molecule has 1 fully saturated rings. The topological polar surface area (TPSA) is 58.6 Å². The molecular weight excluding hydrogens is 230 g/mol. The van der Waals surface area contributed by atoms with E-state index in [-0.39, 0.29) is 36.0 Å². The molecule has 3 atom stereocenters. The van der Waals surface area contributed by atoms with Gasteiger partial charge in [-0.3, -0.25) is 4.79 Å². The van der Waals surface area contributed by atoms with Gasteiger partial charge in [0.2, 0.25) is 5.91 Å². The molecule has 1 aliphatic heterocycles. The Balaban J connectivity index is 2.61. The second-order valence-electron chi connectivity index (χ2n) is 6.15. The monoisotopic (exact) mass is 257 g/mol. The van der Waals surface area contributed by atoms with E-state index in [4.69, 9.17) is 9.84 Å². The van der Waals surface area contributed by atoms with Gasteiger partial charge in [-0.2, -0.15) is 0 Å². The van der Waals surface area contributed by atoms with Gasteiger partial charge in [0, 0.05) is 19.3 Å². The van der Waals surface area contributed by atoms with Gasteiger partial charge in [-0.05, 0) is 24.7 Å². The number of hydrogen-bond acceptors (Lipinski definition) is 3. The van der Waals surface area contributed by atoms with Crippen molar-refractivity contribution in [2.45, 2.75) is 59.1 Å². The molecule has 0 aromatic heterocycles. The van der Waals surface area contributed by atoms with Gasteiger partial charge >= 0.3 is 0 Å². The molecule has 0 saturated carbocycles. The highest BCUT2D eigenvalue weighted by Gasteiger charge is 2.35. The Morgan fingerprint density at radius 1 is 1.50 bits per heavy atom. The summed E-state index contributed by atoms with van der Waals surface area (Å²) in [6.07, 6.45) is 2.33. The number of aliphatic hydroxyl groups excluding tert-OH is 1. The van der Waals surface area contributed by atoms with Crippen molar-refractivity contribution in [2.75, 3.05) is 13.2 Å². The maximum atomic E-state index is 12.3. The Bertz CT molecular complexity index is 273. The van der Waals surface area contributed by atoms with E-state index in [1.807, 2.05) is 6.92 Å². The predicted octanol–water partition coefficient (Wildman–Crippen LogP) is 1.71. The molecule has 2 N–H and O–H groups in total. The van der Waals surface area contributed by atoms with Crippen LogP contribution in [0.2, 0.25) is 0 Å². The zero-order valence-corrected chi connectivity index (χ0v) is 12.0. The first-order valence-electron chi connectivity index (χ1n) is 6.93. The first kappa shape index (κ1) is 15.4. The molecule has 1 amide bonds. The molecular formula is C14H27NO3. The highest BCUT2D eigenvalue weighted by Crippen LogP contribution is 2.26. The maximum absolute atomic E-state index is 12.3. The standard InChI is InChI=1S/C14H27NO3/c1-5-11-10(7-9-18-11)13(17)15-12(6-8-16)14(2,3)4/h10-12,16H,5-9H2,1-4H3,(H,15,17). The number of nitrogens with one attached hydrogen (secondary N) is 1. The lowest BCUT2D eigenvalue weighted by molar-refractivity contribution is -0.128. The minimum atomic E-state index is -0.0421. The van der Waals surface area contributed by atoms with E-state index in [0.29, 0.717) is 13.0 Å². The number of carbonyl (C=O) groups excluding carboxylic acids is 1. The SMILES string of the molecule is CCC1OCCC1C(=O)NC(CCO)C(C)(C)C. The smallest absolute Gasteiger partial charge is 0.226 e. The van der Waals surface area contributed by atoms with Gasteiger partial charge in [-0.25, -0.2) is 0 Å². The number of hydrogen-bond donors (Lipinski definition) is 2. The van der Waals surface area contributed by atoms with Crippen molar-refractivity contribution in [2.24, 2.45) is 11.3 Å². The second-order valence-corrected chi connectivity index (χ2v) is 6.15. The van der Waals surface area contributed by atoms with Crippen molar-refractivity contribution >= 4 is 5.91 Å². The molecule has 0 aromatic carbocycles. The van der Waals surface area contributed by atoms with Crippen LogP contribution in [0.3, 0.4) is 0 Å². The molecule has 4 nitrogen and oxygen atoms in total. The van der Waals surface area contributed by atoms with Crippen LogP contribution in [0.1, 0.15) is 47.0 Å². The van der Waals surface area contributed by atoms with Crippen LogP contribution in [0, 0.1) is 11.3 Å². The van der Waals surface area contributed by atoms with Crippen molar-refractivity contribution in [3.05, 3.63) is 0 Å². The molecule has 106 valence electrons. The van der Waals surface area contributed by atoms with Gasteiger partial charge in [0.25, 0.3) is 0 Å². The molecule has 0 aromatic rings. The molecule has 1 heterocycles. The van der Waals surface area contributed by atoms with Crippen LogP contribution in [-0.4, -0.2) is 36.4 Å². The van der Waals surface area contributed by atoms with Gasteiger partial charge in [-0.1, -0.05) is 27.7 Å². The fraction of sp³-hybridized carbons (Fsp3) is 0.929. The molecule has 4 heteroatoms. The molecule has 1 rings (SSSR count). The minimum Gasteiger partial charge on any atom is -0.396 e. The van der Waals surface area contributed by atoms with Crippen molar-refractivity contribution in [3.63, 3.8) is 0 Å². The minimum absolute atomic E-state index is 0.00751. The Morgan fingerprint density at radius 2 is 2.17 bits per heavy atom. The Labute approximate surface area is 110 Å². The van der Waals surface area contributed by atoms with E-state index in [1.165, 1.54) is 0 Å². The van der Waals surface area contributed by atoms with Crippen LogP contribution in [-0.2, 0) is 9.53 Å². The van der Waals surface area contributed by atoms with E-state index in [2.05, 4.69) is 26.1 Å². The van der Waals surface area contributed by atoms with Gasteiger partial charge in [0.05, 0.1) is 12.0 Å². The Hall–Kier alpha value is -0.610. The number of rotatable bonds is 5. The third-order valence-corrected chi connectivity index (χ3v) is 3.73. The largest absolute Gasteiger partial charge is 0.396 e. The molecule has 1 aliphatic rings. The zero-order chi connectivity index (χ0) is 13.8. The van der Waals surface area contributed by atoms with Crippen molar-refractivity contribution in [3.8, 4) is 0 Å². The van der Waals surface area contributed by atoms with Gasteiger partial charge in [-0.15, -0.1) is 0 Å². The second kappa shape index (κ2) is 6.53. The normalized spacial score (nSPS) is 26.1. The molecule has 0 aliphatic carbocycles. The average Bonchev–Trinajstić information content (AvgIpc) is 2.75. The van der Waals surface area contributed by atoms with E-state index >= 15 is 0 Å². The molecule has 1 saturated heterocycles. The molecule has 0 spiro atoms. The average molecular weight is 257 g/mol. The summed E-state index contributed by atoms with van der Waals surface area (Å²) < 4.78 is 5.55. The van der Waals surface area contributed by atoms with E-state index < -0.39 is 0 Å². The molecule has 3 unspecified atom stereocenters. The summed E-state index contributed by atoms with van der Waals surface area (Å²) in [4.78, 5) is 12.3. The summed E-state index contributed by atoms with van der Waals surface area (Å²) in [5.41, 5.74) is -0.0421. The summed E-state index contributed by atoms with van der Waals surface area (Å²) in [6.45, 7) is 9.06. The summed E-state index contributed by atoms with van der Waals surface area (Å²) in [7, 11) is 0. The Morgan fingerprint density at radius 3 is 2.67 bits per heavy atom. The van der Waals surface area contributed by atoms with Gasteiger partial charge in [0.1, 0.15) is 0 Å². The fourth-order valence-electron chi connectivity index (χ4n) is 2.48. The lowest BCUT2D eigenvalue weighted by atomic mass is 9.84. The summed E-state index contributed by atoms with van der Waals surface area (Å²) >= 11 is 0. The number of amides is 1. The highest BCUT2D eigenvalue weighted by molar-refractivity contribution is 5.79. The van der Waals surface area contributed by atoms with Crippen molar-refractivity contribution in [1.29, 1.82) is 0 Å². The quantitative estimate of drug-likeness (QED) is 0.788. The lowest BCUT2D eigenvalue weighted by Gasteiger charge is -2.32. The van der Waals surface area contributed by atoms with Crippen LogP contribution in [0.15, 0.2) is 0 Å². The fourth-order valence-corrected chi connectivity index (χ4v) is 2.48. The predicted molar refractivity (Wildman–Crippen MR) is 71.2 cm³/mol. The molecule has 0 bridgehead atoms. The molecule has 18 heavy (non-hydrogen) atoms. The van der Waals surface area contributed by atoms with E-state index in [0.717, 1.165) is 12.8 Å². The first-order chi connectivity index (χ1) is 8.40. The number of ether oxygens (including phenoxy) is 1. The summed E-state index contributed by atoms with van der Waals surface area (Å²) in [5, 5.41) is 12.2. The maximum Gasteiger partial charge on any atom is 0.226 e. The van der Waals surface area contributed by atoms with Gasteiger partial charge in [0.15, 0.2) is 0 Å². The number of carbonyl (C=O) groups is 1. The van der Waals surface area contributed by atoms with E-state index in [1.54, 1.807) is 0 Å². The molecule has 0 radical (unpaired) electrons. The first-order valence-corrected chi connectivity index (χ1v) is 6.93. The highest BCUT2D eigenvalue weighted by atomic mass is 16.5. The zero-order valence-electron chi connectivity index (χ0n) is 12.0. The third-order valence-electron chi connectivity index (χ3n) is 3.73. The number of aliphatic hydroxyl groups is 1. The van der Waals surface area contributed by atoms with Crippen LogP contribution in [0.25, 0.3) is 0 Å². The van der Waals surface area contributed by atoms with Crippen LogP contribution in [0.4, 0.5) is 0 Å². The van der Waals surface area contributed by atoms with Crippen LogP contribution < -0.4 is 5.32 Å². The lowest BCUT2D eigenvalue weighted by Crippen LogP contribution is -2.47. The Kier molecular flexibility index (Phi) is 5.60. The van der Waals surface area contributed by atoms with Gasteiger partial charge < -0.3 is 15.2 Å². The van der Waals surface area contributed by atoms with Crippen molar-refractivity contribution < 1.29 is 14.6 Å². The summed E-state index contributed by atoms with van der Waals surface area (Å²) in [5.74, 6) is 0.0475. The van der Waals surface area contributed by atoms with Crippen molar-refractivity contribution in [1.82, 2.24) is 5.32 Å². The van der Waals surface area contributed by atoms with E-state index in [9.17, 15) is 4.79 Å².